The maximum atomic E-state index is 12.6. The van der Waals surface area contributed by atoms with Gasteiger partial charge in [-0.25, -0.2) is 4.79 Å². The quantitative estimate of drug-likeness (QED) is 0.0835. The molecule has 3 heterocycles. The number of fused-ring (bicyclic) bond motifs is 1. The van der Waals surface area contributed by atoms with Crippen LogP contribution in [0, 0.1) is 0 Å². The zero-order chi connectivity index (χ0) is 34.4. The number of carbonyl (C=O) groups excluding carboxylic acids is 2. The van der Waals surface area contributed by atoms with Crippen LogP contribution in [0.25, 0.3) is 10.9 Å². The third-order valence-corrected chi connectivity index (χ3v) is 8.17. The van der Waals surface area contributed by atoms with Gasteiger partial charge in [-0.1, -0.05) is 23.4 Å². The molecular formula is C32H39N7O9. The number of aliphatic carboxylic acids is 1. The average molecular weight is 666 g/mol. The molecule has 1 fully saturated rings. The predicted octanol–water partition coefficient (Wildman–Crippen LogP) is 0.0782. The summed E-state index contributed by atoms with van der Waals surface area (Å²) < 4.78 is 13.1. The zero-order valence-electron chi connectivity index (χ0n) is 26.2. The summed E-state index contributed by atoms with van der Waals surface area (Å²) in [7, 11) is 0. The van der Waals surface area contributed by atoms with Gasteiger partial charge in [-0.05, 0) is 48.7 Å². The molecule has 2 amide bonds. The summed E-state index contributed by atoms with van der Waals surface area (Å²) in [6.07, 6.45) is -2.42. The number of carbonyl (C=O) groups is 3. The van der Waals surface area contributed by atoms with Crippen LogP contribution in [0.5, 0.6) is 0 Å². The largest absolute Gasteiger partial charge is 0.477 e. The average Bonchev–Trinajstić information content (AvgIpc) is 3.69. The van der Waals surface area contributed by atoms with Crippen LogP contribution in [0.1, 0.15) is 41.4 Å². The highest BCUT2D eigenvalue weighted by Crippen LogP contribution is 2.34. The lowest BCUT2D eigenvalue weighted by atomic mass is 9.88. The number of carboxylic acid groups (broad SMARTS) is 1. The maximum Gasteiger partial charge on any atom is 0.364 e. The molecule has 48 heavy (non-hydrogen) atoms. The minimum atomic E-state index is -2.49. The molecule has 1 aliphatic rings. The van der Waals surface area contributed by atoms with Gasteiger partial charge in [-0.15, -0.1) is 5.10 Å². The van der Waals surface area contributed by atoms with Crippen LogP contribution >= 0.6 is 0 Å². The number of aliphatic hydroxyl groups is 3. The molecule has 0 aliphatic carbocycles. The van der Waals surface area contributed by atoms with Crippen LogP contribution in [0.4, 0.5) is 5.69 Å². The number of benzene rings is 2. The van der Waals surface area contributed by atoms with Crippen molar-refractivity contribution in [3.05, 3.63) is 77.7 Å². The van der Waals surface area contributed by atoms with Gasteiger partial charge in [0.2, 0.25) is 5.91 Å². The molecule has 6 atom stereocenters. The van der Waals surface area contributed by atoms with E-state index in [-0.39, 0.29) is 12.3 Å². The van der Waals surface area contributed by atoms with Crippen LogP contribution in [0.15, 0.2) is 60.9 Å². The van der Waals surface area contributed by atoms with Crippen molar-refractivity contribution in [2.45, 2.75) is 75.6 Å². The number of aromatic nitrogens is 4. The monoisotopic (exact) mass is 665 g/mol. The molecule has 1 unspecified atom stereocenters. The molecule has 0 spiro atoms. The molecule has 256 valence electrons. The van der Waals surface area contributed by atoms with Crippen molar-refractivity contribution in [1.29, 1.82) is 0 Å². The Balaban J connectivity index is 1.22. The summed E-state index contributed by atoms with van der Waals surface area (Å²) in [5.41, 5.74) is 9.29. The molecule has 5 rings (SSSR count). The summed E-state index contributed by atoms with van der Waals surface area (Å²) in [5, 5.41) is 57.2. The molecule has 2 aromatic carbocycles. The molecular weight excluding hydrogens is 626 g/mol. The normalized spacial score (nSPS) is 22.2. The number of nitrogen functional groups attached to an aromatic ring is 1. The number of aliphatic hydroxyl groups excluding tert-OH is 3. The topological polar surface area (TPSA) is 247 Å². The van der Waals surface area contributed by atoms with Crippen molar-refractivity contribution < 1.29 is 44.3 Å². The Kier molecular flexibility index (Phi) is 10.7. The highest BCUT2D eigenvalue weighted by molar-refractivity contribution is 5.94. The Labute approximate surface area is 274 Å². The second kappa shape index (κ2) is 14.9. The van der Waals surface area contributed by atoms with Gasteiger partial charge in [-0.3, -0.25) is 14.3 Å². The first-order chi connectivity index (χ1) is 23.0. The van der Waals surface area contributed by atoms with Crippen molar-refractivity contribution in [3.8, 4) is 0 Å². The third kappa shape index (κ3) is 7.98. The summed E-state index contributed by atoms with van der Waals surface area (Å²) in [6.45, 7) is 0.842. The van der Waals surface area contributed by atoms with Gasteiger partial charge in [0.15, 0.2) is 0 Å². The highest BCUT2D eigenvalue weighted by Gasteiger charge is 2.55. The number of carboxylic acids is 1. The van der Waals surface area contributed by atoms with Crippen molar-refractivity contribution in [2.24, 2.45) is 0 Å². The molecule has 16 heteroatoms. The smallest absolute Gasteiger partial charge is 0.364 e. The van der Waals surface area contributed by atoms with E-state index in [1.807, 2.05) is 24.4 Å². The minimum absolute atomic E-state index is 0.276. The van der Waals surface area contributed by atoms with Crippen molar-refractivity contribution >= 4 is 34.4 Å². The van der Waals surface area contributed by atoms with E-state index in [4.69, 9.17) is 15.2 Å². The van der Waals surface area contributed by atoms with Crippen molar-refractivity contribution in [1.82, 2.24) is 30.6 Å². The summed E-state index contributed by atoms with van der Waals surface area (Å²) in [6, 6.07) is 12.5. The Bertz CT molecular complexity index is 1730. The number of nitrogens with zero attached hydrogens (tertiary/aromatic N) is 3. The van der Waals surface area contributed by atoms with Crippen molar-refractivity contribution in [2.75, 3.05) is 12.3 Å². The van der Waals surface area contributed by atoms with E-state index >= 15 is 0 Å². The summed E-state index contributed by atoms with van der Waals surface area (Å²) >= 11 is 0. The first kappa shape index (κ1) is 34.5. The molecule has 1 saturated heterocycles. The minimum Gasteiger partial charge on any atom is -0.477 e. The third-order valence-electron chi connectivity index (χ3n) is 8.17. The number of nitrogens with one attached hydrogen (secondary N) is 3. The van der Waals surface area contributed by atoms with Crippen LogP contribution in [-0.2, 0) is 38.6 Å². The van der Waals surface area contributed by atoms with Crippen LogP contribution in [0.3, 0.4) is 0 Å². The Morgan fingerprint density at radius 1 is 1.21 bits per heavy atom. The number of ether oxygens (including phenoxy) is 2. The molecule has 0 radical (unpaired) electrons. The molecule has 16 nitrogen and oxygen atoms in total. The second-order valence-corrected chi connectivity index (χ2v) is 11.8. The fraction of sp³-hybridized carbons (Fsp3) is 0.406. The first-order valence-corrected chi connectivity index (χ1v) is 15.4. The standard InChI is InChI=1S/C32H39N7O9/c1-18(40)36-27-25(41)13-32(31(45)46,48-29(27)28(43)26(42)15-35-30(44)19-6-3-2-4-7-19)47-17-22-16-39(38-37-22)11-5-8-20-14-34-24-10-9-21(33)12-23(20)24/h2-4,6-7,9-10,12,14,16,25-29,34,41-43H,5,8,11,13,15,17,33H2,1H3,(H,35,44)(H,36,40)(H,45,46)/t25-,26+,27+,28+,29?,32+/m0/s1. The Hall–Kier alpha value is -4.87. The van der Waals surface area contributed by atoms with Gasteiger partial charge in [0.1, 0.15) is 17.9 Å². The molecule has 4 aromatic rings. The summed E-state index contributed by atoms with van der Waals surface area (Å²) in [4.78, 5) is 40.2. The van der Waals surface area contributed by atoms with E-state index in [9.17, 15) is 34.8 Å². The number of aromatic amines is 1. The lowest BCUT2D eigenvalue weighted by Crippen LogP contribution is -2.68. The molecule has 0 bridgehead atoms. The number of H-pyrrole nitrogens is 1. The number of rotatable bonds is 14. The predicted molar refractivity (Wildman–Crippen MR) is 170 cm³/mol. The molecule has 1 aliphatic heterocycles. The number of nitrogens with two attached hydrogens (primary N) is 1. The van der Waals surface area contributed by atoms with Gasteiger partial charge < -0.3 is 51.3 Å². The molecule has 2 aromatic heterocycles. The van der Waals surface area contributed by atoms with Gasteiger partial charge in [-0.2, -0.15) is 0 Å². The van der Waals surface area contributed by atoms with Gasteiger partial charge in [0.25, 0.3) is 11.7 Å². The van der Waals surface area contributed by atoms with Crippen molar-refractivity contribution in [3.63, 3.8) is 0 Å². The summed E-state index contributed by atoms with van der Waals surface area (Å²) in [5.74, 6) is -5.22. The first-order valence-electron chi connectivity index (χ1n) is 15.4. The van der Waals surface area contributed by atoms with E-state index in [1.165, 1.54) is 6.92 Å². The maximum absolute atomic E-state index is 12.6. The van der Waals surface area contributed by atoms with Crippen LogP contribution in [-0.4, -0.2) is 101 Å². The number of hydrogen-bond donors (Lipinski definition) is 8. The van der Waals surface area contributed by atoms with Gasteiger partial charge >= 0.3 is 5.97 Å². The number of amides is 2. The van der Waals surface area contributed by atoms with E-state index in [0.717, 1.165) is 29.3 Å². The molecule has 9 N–H and O–H groups in total. The van der Waals surface area contributed by atoms with E-state index < -0.39 is 67.0 Å². The van der Waals surface area contributed by atoms with E-state index in [2.05, 4.69) is 25.9 Å². The fourth-order valence-electron chi connectivity index (χ4n) is 5.72. The molecule has 0 saturated carbocycles. The van der Waals surface area contributed by atoms with Gasteiger partial charge in [0.05, 0.1) is 31.1 Å². The SMILES string of the molecule is CC(=O)N[C@H]1C([C@H](O)[C@H](O)CNC(=O)c2ccccc2)O[C@@](OCc2cn(CCCc3c[nH]c4ccc(N)cc34)nn2)(C(=O)O)C[C@@H]1O. The second-order valence-electron chi connectivity index (χ2n) is 11.8. The fourth-order valence-corrected chi connectivity index (χ4v) is 5.72. The number of hydrogen-bond acceptors (Lipinski definition) is 11. The lowest BCUT2D eigenvalue weighted by Gasteiger charge is -2.46. The van der Waals surface area contributed by atoms with E-state index in [0.29, 0.717) is 17.8 Å². The number of aryl methyl sites for hydroxylation is 2. The Morgan fingerprint density at radius 2 is 1.98 bits per heavy atom. The number of anilines is 1. The zero-order valence-corrected chi connectivity index (χ0v) is 26.2. The lowest BCUT2D eigenvalue weighted by molar-refractivity contribution is -0.314. The Morgan fingerprint density at radius 3 is 2.71 bits per heavy atom. The highest BCUT2D eigenvalue weighted by atomic mass is 16.7. The van der Waals surface area contributed by atoms with Crippen LogP contribution < -0.4 is 16.4 Å². The van der Waals surface area contributed by atoms with Crippen LogP contribution in [0.2, 0.25) is 0 Å². The van der Waals surface area contributed by atoms with E-state index in [1.54, 1.807) is 41.2 Å². The van der Waals surface area contributed by atoms with Gasteiger partial charge in [0, 0.05) is 54.8 Å².